The summed E-state index contributed by atoms with van der Waals surface area (Å²) in [7, 11) is -3.67. The maximum absolute atomic E-state index is 14.2. The summed E-state index contributed by atoms with van der Waals surface area (Å²) in [6.07, 6.45) is 6.69. The van der Waals surface area contributed by atoms with E-state index in [0.717, 1.165) is 49.5 Å². The number of hydrogen-bond acceptors (Lipinski definition) is 4. The predicted molar refractivity (Wildman–Crippen MR) is 184 cm³/mol. The number of sulfonamides is 1. The van der Waals surface area contributed by atoms with Crippen molar-refractivity contribution in [2.75, 3.05) is 17.1 Å². The van der Waals surface area contributed by atoms with Crippen molar-refractivity contribution in [2.45, 2.75) is 76.9 Å². The number of rotatable bonds is 13. The summed E-state index contributed by atoms with van der Waals surface area (Å²) >= 11 is 19.3. The molecule has 4 rings (SSSR count). The topological polar surface area (TPSA) is 86.8 Å². The molecule has 1 atom stereocenters. The van der Waals surface area contributed by atoms with Gasteiger partial charge in [-0.2, -0.15) is 0 Å². The Hall–Kier alpha value is -2.78. The van der Waals surface area contributed by atoms with Crippen molar-refractivity contribution in [2.24, 2.45) is 0 Å². The number of amides is 2. The van der Waals surface area contributed by atoms with Crippen LogP contribution in [0.5, 0.6) is 0 Å². The van der Waals surface area contributed by atoms with Gasteiger partial charge in [-0.05, 0) is 61.6 Å². The number of hydrogen-bond donors (Lipinski definition) is 1. The van der Waals surface area contributed by atoms with E-state index in [1.165, 1.54) is 4.31 Å². The highest BCUT2D eigenvalue weighted by atomic mass is 35.5. The molecule has 11 heteroatoms. The van der Waals surface area contributed by atoms with Crippen LogP contribution in [0, 0.1) is 6.92 Å². The zero-order valence-corrected chi connectivity index (χ0v) is 28.7. The second-order valence-corrected chi connectivity index (χ2v) is 14.8. The zero-order chi connectivity index (χ0) is 32.6. The first kappa shape index (κ1) is 35.1. The summed E-state index contributed by atoms with van der Waals surface area (Å²) in [6, 6.07) is 19.0. The van der Waals surface area contributed by atoms with Crippen LogP contribution in [0.1, 0.15) is 61.6 Å². The molecular formula is C34H40Cl3N3O4S. The maximum Gasteiger partial charge on any atom is 0.243 e. The fraction of sp³-hybridized carbons (Fsp3) is 0.412. The molecule has 1 aliphatic carbocycles. The fourth-order valence-corrected chi connectivity index (χ4v) is 7.48. The molecule has 0 spiro atoms. The Labute approximate surface area is 281 Å². The molecule has 0 aromatic heterocycles. The van der Waals surface area contributed by atoms with E-state index in [0.29, 0.717) is 32.7 Å². The Bertz CT molecular complexity index is 1560. The van der Waals surface area contributed by atoms with Gasteiger partial charge in [0.05, 0.1) is 11.9 Å². The Morgan fingerprint density at radius 1 is 0.933 bits per heavy atom. The third-order valence-electron chi connectivity index (χ3n) is 8.20. The van der Waals surface area contributed by atoms with Crippen molar-refractivity contribution >= 4 is 62.3 Å². The van der Waals surface area contributed by atoms with Crippen LogP contribution in [0.3, 0.4) is 0 Å². The largest absolute Gasteiger partial charge is 0.352 e. The number of halogens is 3. The highest BCUT2D eigenvalue weighted by molar-refractivity contribution is 7.92. The van der Waals surface area contributed by atoms with Gasteiger partial charge in [-0.1, -0.05) is 96.5 Å². The number of nitrogens with one attached hydrogen (secondary N) is 1. The molecule has 7 nitrogen and oxygen atoms in total. The zero-order valence-electron chi connectivity index (χ0n) is 25.6. The van der Waals surface area contributed by atoms with E-state index in [1.54, 1.807) is 41.3 Å². The quantitative estimate of drug-likeness (QED) is 0.200. The highest BCUT2D eigenvalue weighted by Crippen LogP contribution is 2.29. The highest BCUT2D eigenvalue weighted by Gasteiger charge is 2.33. The molecule has 3 aromatic carbocycles. The van der Waals surface area contributed by atoms with Crippen LogP contribution < -0.4 is 9.62 Å². The van der Waals surface area contributed by atoms with E-state index in [1.807, 2.05) is 37.3 Å². The summed E-state index contributed by atoms with van der Waals surface area (Å²) in [4.78, 5) is 29.7. The first-order chi connectivity index (χ1) is 21.4. The van der Waals surface area contributed by atoms with Gasteiger partial charge in [0.2, 0.25) is 21.8 Å². The van der Waals surface area contributed by atoms with Crippen LogP contribution in [0.15, 0.2) is 66.7 Å². The summed E-state index contributed by atoms with van der Waals surface area (Å²) < 4.78 is 26.9. The number of carbonyl (C=O) groups excluding carboxylic acids is 2. The molecule has 0 radical (unpaired) electrons. The lowest BCUT2D eigenvalue weighted by molar-refractivity contribution is -0.141. The number of benzene rings is 3. The van der Waals surface area contributed by atoms with Crippen LogP contribution in [-0.4, -0.2) is 50.0 Å². The minimum Gasteiger partial charge on any atom is -0.352 e. The molecule has 1 fully saturated rings. The molecule has 0 saturated heterocycles. The number of carbonyl (C=O) groups is 2. The Morgan fingerprint density at radius 3 is 2.24 bits per heavy atom. The average molecular weight is 693 g/mol. The van der Waals surface area contributed by atoms with Gasteiger partial charge in [0.1, 0.15) is 6.04 Å². The predicted octanol–water partition coefficient (Wildman–Crippen LogP) is 7.59. The molecule has 0 unspecified atom stereocenters. The fourth-order valence-electron chi connectivity index (χ4n) is 5.79. The van der Waals surface area contributed by atoms with Gasteiger partial charge in [0, 0.05) is 52.6 Å². The normalized spacial score (nSPS) is 14.5. The standard InChI is InChI=1S/C34H40Cl3N3O4S/c1-24-18-19-26(35)22-31(24)40(45(2,43)44)20-10-17-33(41)39(23-28-29(36)15-9-16-30(28)37)32(21-25-11-5-3-6-12-25)34(42)38-27-13-7-4-8-14-27/h3,5-6,9,11-12,15-16,18-19,22,27,32H,4,7-8,10,13-14,17,20-21,23H2,1-2H3,(H,38,42)/t32-/m0/s1. The Kier molecular flexibility index (Phi) is 12.6. The molecular weight excluding hydrogens is 653 g/mol. The van der Waals surface area contributed by atoms with Crippen LogP contribution in [0.4, 0.5) is 5.69 Å². The summed E-state index contributed by atoms with van der Waals surface area (Å²) in [5, 5.41) is 4.42. The van der Waals surface area contributed by atoms with Crippen LogP contribution >= 0.6 is 34.8 Å². The van der Waals surface area contributed by atoms with E-state index in [4.69, 9.17) is 34.8 Å². The Morgan fingerprint density at radius 2 is 1.60 bits per heavy atom. The first-order valence-electron chi connectivity index (χ1n) is 15.2. The van der Waals surface area contributed by atoms with E-state index in [9.17, 15) is 18.0 Å². The molecule has 242 valence electrons. The van der Waals surface area contributed by atoms with Gasteiger partial charge in [-0.25, -0.2) is 8.42 Å². The van der Waals surface area contributed by atoms with Crippen molar-refractivity contribution in [3.05, 3.63) is 98.5 Å². The van der Waals surface area contributed by atoms with Gasteiger partial charge in [0.15, 0.2) is 0 Å². The SMILES string of the molecule is Cc1ccc(Cl)cc1N(CCCC(=O)N(Cc1c(Cl)cccc1Cl)[C@@H](Cc1ccccc1)C(=O)NC1CCCCC1)S(C)(=O)=O. The van der Waals surface area contributed by atoms with Crippen molar-refractivity contribution in [1.82, 2.24) is 10.2 Å². The molecule has 45 heavy (non-hydrogen) atoms. The molecule has 2 amide bonds. The van der Waals surface area contributed by atoms with Crippen molar-refractivity contribution in [1.29, 1.82) is 0 Å². The van der Waals surface area contributed by atoms with Crippen molar-refractivity contribution in [3.63, 3.8) is 0 Å². The third-order valence-corrected chi connectivity index (χ3v) is 10.3. The van der Waals surface area contributed by atoms with Gasteiger partial charge >= 0.3 is 0 Å². The minimum atomic E-state index is -3.67. The van der Waals surface area contributed by atoms with E-state index < -0.39 is 16.1 Å². The lowest BCUT2D eigenvalue weighted by Crippen LogP contribution is -2.53. The maximum atomic E-state index is 14.2. The van der Waals surface area contributed by atoms with E-state index in [-0.39, 0.29) is 43.8 Å². The van der Waals surface area contributed by atoms with Gasteiger partial charge in [0.25, 0.3) is 0 Å². The summed E-state index contributed by atoms with van der Waals surface area (Å²) in [5.41, 5.74) is 2.66. The van der Waals surface area contributed by atoms with Gasteiger partial charge in [-0.15, -0.1) is 0 Å². The van der Waals surface area contributed by atoms with Crippen LogP contribution in [-0.2, 0) is 32.6 Å². The lowest BCUT2D eigenvalue weighted by Gasteiger charge is -2.34. The second kappa shape index (κ2) is 16.2. The third kappa shape index (κ3) is 9.85. The number of nitrogens with zero attached hydrogens (tertiary/aromatic N) is 2. The van der Waals surface area contributed by atoms with Crippen molar-refractivity contribution < 1.29 is 18.0 Å². The van der Waals surface area contributed by atoms with Crippen LogP contribution in [0.25, 0.3) is 0 Å². The van der Waals surface area contributed by atoms with E-state index >= 15 is 0 Å². The number of anilines is 1. The molecule has 1 N–H and O–H groups in total. The molecule has 1 aliphatic rings. The monoisotopic (exact) mass is 691 g/mol. The lowest BCUT2D eigenvalue weighted by atomic mass is 9.94. The van der Waals surface area contributed by atoms with Crippen LogP contribution in [0.2, 0.25) is 15.1 Å². The smallest absolute Gasteiger partial charge is 0.243 e. The molecule has 1 saturated carbocycles. The molecule has 0 bridgehead atoms. The second-order valence-electron chi connectivity index (χ2n) is 11.6. The van der Waals surface area contributed by atoms with Gasteiger partial charge < -0.3 is 10.2 Å². The summed E-state index contributed by atoms with van der Waals surface area (Å²) in [6.45, 7) is 1.89. The summed E-state index contributed by atoms with van der Waals surface area (Å²) in [5.74, 6) is -0.531. The van der Waals surface area contributed by atoms with Crippen molar-refractivity contribution in [3.8, 4) is 0 Å². The molecule has 0 aliphatic heterocycles. The molecule has 0 heterocycles. The number of aryl methyl sites for hydroxylation is 1. The Balaban J connectivity index is 1.64. The first-order valence-corrected chi connectivity index (χ1v) is 18.2. The van der Waals surface area contributed by atoms with E-state index in [2.05, 4.69) is 5.32 Å². The minimum absolute atomic E-state index is 0.00426. The molecule has 3 aromatic rings. The van der Waals surface area contributed by atoms with Gasteiger partial charge in [-0.3, -0.25) is 13.9 Å². The average Bonchev–Trinajstić information content (AvgIpc) is 3.00.